The van der Waals surface area contributed by atoms with E-state index in [2.05, 4.69) is 49.3 Å². The van der Waals surface area contributed by atoms with Crippen molar-refractivity contribution in [1.82, 2.24) is 14.5 Å². The molecule has 2 rings (SSSR count). The highest BCUT2D eigenvalue weighted by atomic mass is 35.5. The fourth-order valence-electron chi connectivity index (χ4n) is 1.52. The molecule has 100 valence electrons. The molecule has 0 saturated heterocycles. The quantitative estimate of drug-likeness (QED) is 0.728. The lowest BCUT2D eigenvalue weighted by atomic mass is 10.2. The van der Waals surface area contributed by atoms with Crippen LogP contribution < -0.4 is 16.9 Å². The number of quaternary nitrogens is 1. The first-order valence-corrected chi connectivity index (χ1v) is 5.94. The van der Waals surface area contributed by atoms with Crippen LogP contribution in [0.1, 0.15) is 11.3 Å². The second kappa shape index (κ2) is 6.45. The van der Waals surface area contributed by atoms with Gasteiger partial charge in [-0.2, -0.15) is 9.97 Å². The minimum atomic E-state index is 0. The maximum atomic E-state index is 4.53. The van der Waals surface area contributed by atoms with Crippen LogP contribution in [0.15, 0.2) is 42.6 Å². The summed E-state index contributed by atoms with van der Waals surface area (Å²) in [4.78, 5) is 8.83. The Balaban J connectivity index is 0.00000180. The topological polar surface area (TPSA) is 25.8 Å². The first kappa shape index (κ1) is 15.3. The molecule has 0 spiro atoms. The van der Waals surface area contributed by atoms with Crippen molar-refractivity contribution in [2.75, 3.05) is 21.1 Å². The van der Waals surface area contributed by atoms with Crippen molar-refractivity contribution in [3.63, 3.8) is 0 Å². The van der Waals surface area contributed by atoms with Crippen molar-refractivity contribution < 1.29 is 12.4 Å². The van der Waals surface area contributed by atoms with Crippen LogP contribution in [0.5, 0.6) is 0 Å². The summed E-state index contributed by atoms with van der Waals surface area (Å²) in [7, 11) is 6.17. The van der Waals surface area contributed by atoms with E-state index in [0.29, 0.717) is 4.48 Å². The van der Waals surface area contributed by atoms with Crippen molar-refractivity contribution in [1.29, 1.82) is 0 Å². The molecule has 19 heavy (non-hydrogen) atoms. The molecular formula is C15H18ClN3. The minimum absolute atomic E-state index is 0. The van der Waals surface area contributed by atoms with Gasteiger partial charge in [0.25, 0.3) is 0 Å². The molecule has 0 aliphatic rings. The van der Waals surface area contributed by atoms with Gasteiger partial charge in [-0.15, -0.1) is 0 Å². The van der Waals surface area contributed by atoms with Gasteiger partial charge >= 0.3 is 5.95 Å². The van der Waals surface area contributed by atoms with Crippen LogP contribution in [0, 0.1) is 0 Å². The van der Waals surface area contributed by atoms with Crippen LogP contribution in [0.4, 0.5) is 5.95 Å². The van der Waals surface area contributed by atoms with Gasteiger partial charge in [-0.25, -0.2) is 0 Å². The van der Waals surface area contributed by atoms with Crippen LogP contribution in [-0.2, 0) is 0 Å². The van der Waals surface area contributed by atoms with Gasteiger partial charge < -0.3 is 12.4 Å². The predicted molar refractivity (Wildman–Crippen MR) is 77.0 cm³/mol. The summed E-state index contributed by atoms with van der Waals surface area (Å²) in [5, 5.41) is 0. The van der Waals surface area contributed by atoms with E-state index in [-0.39, 0.29) is 12.4 Å². The maximum Gasteiger partial charge on any atom is 0.328 e. The van der Waals surface area contributed by atoms with Crippen molar-refractivity contribution in [2.45, 2.75) is 0 Å². The lowest BCUT2D eigenvalue weighted by Crippen LogP contribution is -3.00. The van der Waals surface area contributed by atoms with Gasteiger partial charge in [0.2, 0.25) is 0 Å². The Kier molecular flexibility index (Phi) is 5.21. The average Bonchev–Trinajstić information content (AvgIpc) is 2.37. The van der Waals surface area contributed by atoms with Crippen LogP contribution in [-0.4, -0.2) is 31.1 Å². The van der Waals surface area contributed by atoms with E-state index in [0.717, 1.165) is 11.6 Å². The van der Waals surface area contributed by atoms with Crippen LogP contribution >= 0.6 is 0 Å². The normalized spacial score (nSPS) is 11.3. The Morgan fingerprint density at radius 2 is 1.63 bits per heavy atom. The Morgan fingerprint density at radius 3 is 2.26 bits per heavy atom. The molecule has 0 unspecified atom stereocenters. The van der Waals surface area contributed by atoms with E-state index < -0.39 is 0 Å². The third-order valence-electron chi connectivity index (χ3n) is 2.51. The standard InChI is InChI=1S/C15H18N3.ClH/c1-18(2,3)15-16-12-11-14(17-15)10-9-13-7-5-4-6-8-13;/h4-12H,1-3H3;1H/q+1;/p-1. The number of rotatable bonds is 3. The average molecular weight is 276 g/mol. The molecule has 0 aliphatic heterocycles. The van der Waals surface area contributed by atoms with Crippen molar-refractivity contribution in [2.24, 2.45) is 0 Å². The highest BCUT2D eigenvalue weighted by molar-refractivity contribution is 5.68. The van der Waals surface area contributed by atoms with Crippen LogP contribution in [0.25, 0.3) is 12.2 Å². The summed E-state index contributed by atoms with van der Waals surface area (Å²) in [6, 6.07) is 12.1. The molecule has 1 aromatic heterocycles. The molecule has 3 nitrogen and oxygen atoms in total. The number of nitrogens with zero attached hydrogens (tertiary/aromatic N) is 3. The van der Waals surface area contributed by atoms with Crippen LogP contribution in [0.3, 0.4) is 0 Å². The first-order valence-electron chi connectivity index (χ1n) is 5.94. The first-order chi connectivity index (χ1) is 8.55. The number of aromatic nitrogens is 2. The summed E-state index contributed by atoms with van der Waals surface area (Å²) in [5.74, 6) is 0.810. The summed E-state index contributed by atoms with van der Waals surface area (Å²) in [5.41, 5.74) is 2.10. The molecule has 4 heteroatoms. The van der Waals surface area contributed by atoms with Crippen molar-refractivity contribution in [3.8, 4) is 0 Å². The molecule has 0 N–H and O–H groups in total. The Bertz CT molecular complexity index is 545. The van der Waals surface area contributed by atoms with E-state index in [1.54, 1.807) is 6.20 Å². The van der Waals surface area contributed by atoms with Crippen molar-refractivity contribution >= 4 is 18.1 Å². The summed E-state index contributed by atoms with van der Waals surface area (Å²) in [6.45, 7) is 0. The molecule has 0 saturated carbocycles. The summed E-state index contributed by atoms with van der Waals surface area (Å²) in [6.07, 6.45) is 5.87. The minimum Gasteiger partial charge on any atom is -1.00 e. The molecule has 0 amide bonds. The maximum absolute atomic E-state index is 4.53. The Hall–Kier alpha value is -1.71. The van der Waals surface area contributed by atoms with Gasteiger partial charge in [0.1, 0.15) is 0 Å². The monoisotopic (exact) mass is 275 g/mol. The number of benzene rings is 1. The van der Waals surface area contributed by atoms with Gasteiger partial charge in [-0.1, -0.05) is 36.4 Å². The fraction of sp³-hybridized carbons (Fsp3) is 0.200. The van der Waals surface area contributed by atoms with Gasteiger partial charge in [-0.05, 0) is 17.7 Å². The third kappa shape index (κ3) is 4.47. The van der Waals surface area contributed by atoms with E-state index >= 15 is 0 Å². The van der Waals surface area contributed by atoms with Gasteiger partial charge in [-0.3, -0.25) is 4.48 Å². The van der Waals surface area contributed by atoms with E-state index in [9.17, 15) is 0 Å². The zero-order valence-corrected chi connectivity index (χ0v) is 12.2. The molecule has 1 heterocycles. The van der Waals surface area contributed by atoms with Gasteiger partial charge in [0.05, 0.1) is 26.8 Å². The molecule has 1 aromatic carbocycles. The van der Waals surface area contributed by atoms with Crippen LogP contribution in [0.2, 0.25) is 0 Å². The van der Waals surface area contributed by atoms with E-state index in [1.165, 1.54) is 5.56 Å². The molecule has 0 radical (unpaired) electrons. The number of hydrogen-bond acceptors (Lipinski definition) is 2. The zero-order valence-electron chi connectivity index (χ0n) is 11.4. The molecule has 0 fully saturated rings. The predicted octanol–water partition coefficient (Wildman–Crippen LogP) is -0.152. The summed E-state index contributed by atoms with van der Waals surface area (Å²) < 4.78 is 0.618. The number of halogens is 1. The molecule has 2 aromatic rings. The molecular weight excluding hydrogens is 258 g/mol. The van der Waals surface area contributed by atoms with E-state index in [4.69, 9.17) is 0 Å². The SMILES string of the molecule is C[N+](C)(C)c1nccc(C=Cc2ccccc2)n1.[Cl-]. The Labute approximate surface area is 120 Å². The molecule has 0 aliphatic carbocycles. The second-order valence-electron chi connectivity index (χ2n) is 5.04. The summed E-state index contributed by atoms with van der Waals surface area (Å²) >= 11 is 0. The smallest absolute Gasteiger partial charge is 0.328 e. The molecule has 0 bridgehead atoms. The highest BCUT2D eigenvalue weighted by Crippen LogP contribution is 2.11. The number of hydrogen-bond donors (Lipinski definition) is 0. The second-order valence-corrected chi connectivity index (χ2v) is 5.04. The Morgan fingerprint density at radius 1 is 0.947 bits per heavy atom. The van der Waals surface area contributed by atoms with E-state index in [1.807, 2.05) is 30.3 Å². The van der Waals surface area contributed by atoms with Gasteiger partial charge in [0, 0.05) is 6.20 Å². The lowest BCUT2D eigenvalue weighted by Gasteiger charge is -2.19. The van der Waals surface area contributed by atoms with Gasteiger partial charge in [0.15, 0.2) is 0 Å². The largest absolute Gasteiger partial charge is 1.00 e. The molecule has 0 atom stereocenters. The highest BCUT2D eigenvalue weighted by Gasteiger charge is 2.15. The fourth-order valence-corrected chi connectivity index (χ4v) is 1.52. The lowest BCUT2D eigenvalue weighted by molar-refractivity contribution is -0.00000396. The zero-order chi connectivity index (χ0) is 13.0. The van der Waals surface area contributed by atoms with Crippen molar-refractivity contribution in [3.05, 3.63) is 53.9 Å². The third-order valence-corrected chi connectivity index (χ3v) is 2.51.